The largest absolute Gasteiger partial charge is 0.447 e. The number of carbonyl (C=O) groups excluding carboxylic acids is 2. The van der Waals surface area contributed by atoms with E-state index in [1.807, 2.05) is 0 Å². The molecule has 0 aliphatic carbocycles. The molecule has 0 aliphatic rings. The molecule has 0 bridgehead atoms. The Labute approximate surface area is 174 Å². The maximum atomic E-state index is 11.9. The van der Waals surface area contributed by atoms with E-state index in [4.69, 9.17) is 27.9 Å². The molecule has 1 aromatic heterocycles. The fourth-order valence-electron chi connectivity index (χ4n) is 2.24. The molecule has 3 N–H and O–H groups in total. The molecule has 2 rings (SSSR count). The Bertz CT molecular complexity index is 851. The number of nitrogens with zero attached hydrogens (tertiary/aromatic N) is 2. The van der Waals surface area contributed by atoms with Crippen LogP contribution in [0.3, 0.4) is 0 Å². The van der Waals surface area contributed by atoms with Crippen LogP contribution in [0.25, 0.3) is 0 Å². The minimum Gasteiger partial charge on any atom is -0.447 e. The van der Waals surface area contributed by atoms with E-state index in [2.05, 4.69) is 15.6 Å². The number of amides is 2. The number of rotatable bonds is 8. The highest BCUT2D eigenvalue weighted by atomic mass is 35.5. The van der Waals surface area contributed by atoms with Gasteiger partial charge in [0.15, 0.2) is 4.84 Å². The van der Waals surface area contributed by atoms with E-state index in [0.29, 0.717) is 5.69 Å². The van der Waals surface area contributed by atoms with Crippen molar-refractivity contribution in [2.75, 3.05) is 11.9 Å². The summed E-state index contributed by atoms with van der Waals surface area (Å²) in [5, 5.41) is 26.1. The number of hydrogen-bond acceptors (Lipinski definition) is 7. The predicted octanol–water partition coefficient (Wildman–Crippen LogP) is 2.56. The highest BCUT2D eigenvalue weighted by Gasteiger charge is 2.27. The maximum Gasteiger partial charge on any atom is 0.411 e. The van der Waals surface area contributed by atoms with Gasteiger partial charge in [-0.05, 0) is 29.8 Å². The van der Waals surface area contributed by atoms with Crippen LogP contribution in [0.15, 0.2) is 48.8 Å². The summed E-state index contributed by atoms with van der Waals surface area (Å²) in [6.45, 7) is -0.434. The summed E-state index contributed by atoms with van der Waals surface area (Å²) in [5.74, 6) is -0.810. The van der Waals surface area contributed by atoms with Crippen LogP contribution in [-0.2, 0) is 9.53 Å². The Balaban J connectivity index is 2.07. The molecule has 1 aromatic carbocycles. The van der Waals surface area contributed by atoms with Gasteiger partial charge in [-0.15, -0.1) is 0 Å². The lowest BCUT2D eigenvalue weighted by Gasteiger charge is -2.24. The SMILES string of the molecule is O=C(Nc1cccnc1)OC[C@@H](NC(=O)C(Cl)Cl)[C@H](O)c1ccc([N+](=O)[O-])cc1. The molecule has 10 nitrogen and oxygen atoms in total. The number of pyridine rings is 1. The molecular weight excluding hydrogens is 427 g/mol. The zero-order valence-corrected chi connectivity index (χ0v) is 16.2. The van der Waals surface area contributed by atoms with Crippen LogP contribution < -0.4 is 10.6 Å². The molecule has 154 valence electrons. The molecular formula is C17H16Cl2N4O6. The molecule has 2 amide bonds. The maximum absolute atomic E-state index is 11.9. The van der Waals surface area contributed by atoms with E-state index in [9.17, 15) is 24.8 Å². The van der Waals surface area contributed by atoms with E-state index in [0.717, 1.165) is 0 Å². The van der Waals surface area contributed by atoms with Crippen LogP contribution in [0.1, 0.15) is 11.7 Å². The van der Waals surface area contributed by atoms with Gasteiger partial charge >= 0.3 is 6.09 Å². The first-order valence-electron chi connectivity index (χ1n) is 8.12. The van der Waals surface area contributed by atoms with Gasteiger partial charge in [-0.1, -0.05) is 23.2 Å². The number of halogens is 2. The molecule has 0 spiro atoms. The first-order valence-corrected chi connectivity index (χ1v) is 9.00. The zero-order valence-electron chi connectivity index (χ0n) is 14.7. The Kier molecular flexibility index (Phi) is 8.13. The van der Waals surface area contributed by atoms with E-state index >= 15 is 0 Å². The summed E-state index contributed by atoms with van der Waals surface area (Å²) < 4.78 is 5.05. The first-order chi connectivity index (χ1) is 13.8. The smallest absolute Gasteiger partial charge is 0.411 e. The third-order valence-electron chi connectivity index (χ3n) is 3.65. The van der Waals surface area contributed by atoms with Gasteiger partial charge in [0.2, 0.25) is 0 Å². The van der Waals surface area contributed by atoms with Gasteiger partial charge in [0.1, 0.15) is 12.7 Å². The molecule has 12 heteroatoms. The molecule has 0 saturated carbocycles. The predicted molar refractivity (Wildman–Crippen MR) is 105 cm³/mol. The van der Waals surface area contributed by atoms with Crippen molar-refractivity contribution >= 4 is 46.6 Å². The highest BCUT2D eigenvalue weighted by molar-refractivity contribution is 6.53. The Morgan fingerprint density at radius 3 is 2.48 bits per heavy atom. The number of anilines is 1. The van der Waals surface area contributed by atoms with Gasteiger partial charge in [-0.25, -0.2) is 4.79 Å². The lowest BCUT2D eigenvalue weighted by molar-refractivity contribution is -0.384. The Morgan fingerprint density at radius 1 is 1.24 bits per heavy atom. The lowest BCUT2D eigenvalue weighted by atomic mass is 10.0. The third-order valence-corrected chi connectivity index (χ3v) is 4.05. The number of benzene rings is 1. The molecule has 0 saturated heterocycles. The average molecular weight is 443 g/mol. The van der Waals surface area contributed by atoms with Crippen LogP contribution in [0.5, 0.6) is 0 Å². The van der Waals surface area contributed by atoms with Crippen molar-refractivity contribution in [3.05, 3.63) is 64.5 Å². The summed E-state index contributed by atoms with van der Waals surface area (Å²) in [6.07, 6.45) is 0.717. The van der Waals surface area contributed by atoms with Gasteiger partial charge in [0, 0.05) is 18.3 Å². The number of nitro benzene ring substituents is 1. The number of alkyl halides is 2. The number of nitrogens with one attached hydrogen (secondary N) is 2. The summed E-state index contributed by atoms with van der Waals surface area (Å²) >= 11 is 11.0. The molecule has 0 unspecified atom stereocenters. The van der Waals surface area contributed by atoms with Crippen LogP contribution in [0.2, 0.25) is 0 Å². The fourth-order valence-corrected chi connectivity index (χ4v) is 2.37. The summed E-state index contributed by atoms with van der Waals surface area (Å²) in [4.78, 5) is 36.3. The lowest BCUT2D eigenvalue weighted by Crippen LogP contribution is -2.45. The van der Waals surface area contributed by atoms with Crippen molar-refractivity contribution in [2.24, 2.45) is 0 Å². The Morgan fingerprint density at radius 2 is 1.93 bits per heavy atom. The second-order valence-electron chi connectivity index (χ2n) is 5.67. The highest BCUT2D eigenvalue weighted by Crippen LogP contribution is 2.21. The van der Waals surface area contributed by atoms with Crippen LogP contribution in [-0.4, -0.2) is 44.5 Å². The van der Waals surface area contributed by atoms with Crippen LogP contribution in [0.4, 0.5) is 16.2 Å². The first kappa shape index (κ1) is 22.3. The number of aliphatic hydroxyl groups excluding tert-OH is 1. The topological polar surface area (TPSA) is 144 Å². The zero-order chi connectivity index (χ0) is 21.4. The molecule has 2 aromatic rings. The van der Waals surface area contributed by atoms with Crippen LogP contribution in [0, 0.1) is 10.1 Å². The standard InChI is InChI=1S/C17H16Cl2N4O6/c18-15(19)16(25)22-13(9-29-17(26)21-11-2-1-7-20-8-11)14(24)10-3-5-12(6-4-10)23(27)28/h1-8,13-15,24H,9H2,(H,21,26)(H,22,25)/t13-,14-/m1/s1. The normalized spacial score (nSPS) is 12.7. The van der Waals surface area contributed by atoms with Crippen molar-refractivity contribution < 1.29 is 24.4 Å². The second-order valence-corrected chi connectivity index (χ2v) is 6.77. The van der Waals surface area contributed by atoms with E-state index in [1.54, 1.807) is 12.1 Å². The minimum atomic E-state index is -1.41. The van der Waals surface area contributed by atoms with Crippen LogP contribution >= 0.6 is 23.2 Å². The molecule has 0 fully saturated rings. The molecule has 0 radical (unpaired) electrons. The number of nitro groups is 1. The van der Waals surface area contributed by atoms with Crippen molar-refractivity contribution in [2.45, 2.75) is 17.0 Å². The van der Waals surface area contributed by atoms with Crippen molar-refractivity contribution in [3.8, 4) is 0 Å². The van der Waals surface area contributed by atoms with Crippen molar-refractivity contribution in [1.82, 2.24) is 10.3 Å². The number of carbonyl (C=O) groups is 2. The van der Waals surface area contributed by atoms with Gasteiger partial charge in [-0.3, -0.25) is 25.2 Å². The third kappa shape index (κ3) is 6.86. The second kappa shape index (κ2) is 10.6. The minimum absolute atomic E-state index is 0.171. The van der Waals surface area contributed by atoms with Crippen molar-refractivity contribution in [3.63, 3.8) is 0 Å². The quantitative estimate of drug-likeness (QED) is 0.323. The number of ether oxygens (including phenoxy) is 1. The summed E-state index contributed by atoms with van der Waals surface area (Å²) in [6, 6.07) is 7.10. The number of aliphatic hydroxyl groups is 1. The molecule has 29 heavy (non-hydrogen) atoms. The summed E-state index contributed by atoms with van der Waals surface area (Å²) in [7, 11) is 0. The van der Waals surface area contributed by atoms with Gasteiger partial charge in [0.25, 0.3) is 11.6 Å². The number of aromatic nitrogens is 1. The van der Waals surface area contributed by atoms with E-state index in [1.165, 1.54) is 36.7 Å². The monoisotopic (exact) mass is 442 g/mol. The van der Waals surface area contributed by atoms with Crippen molar-refractivity contribution in [1.29, 1.82) is 0 Å². The molecule has 1 heterocycles. The number of hydrogen-bond donors (Lipinski definition) is 3. The Hall–Kier alpha value is -2.95. The number of non-ortho nitro benzene ring substituents is 1. The van der Waals surface area contributed by atoms with E-state index in [-0.39, 0.29) is 11.3 Å². The van der Waals surface area contributed by atoms with Gasteiger partial charge in [-0.2, -0.15) is 0 Å². The van der Waals surface area contributed by atoms with Gasteiger partial charge < -0.3 is 15.2 Å². The average Bonchev–Trinajstić information content (AvgIpc) is 2.71. The molecule has 0 aliphatic heterocycles. The molecule has 2 atom stereocenters. The summed E-state index contributed by atoms with van der Waals surface area (Å²) in [5.41, 5.74) is 0.462. The van der Waals surface area contributed by atoms with E-state index < -0.39 is 40.5 Å². The fraction of sp³-hybridized carbons (Fsp3) is 0.235. The van der Waals surface area contributed by atoms with Gasteiger partial charge in [0.05, 0.1) is 22.8 Å².